The van der Waals surface area contributed by atoms with Gasteiger partial charge in [0.15, 0.2) is 0 Å². The Hall–Kier alpha value is -3.24. The molecule has 206 valence electrons. The van der Waals surface area contributed by atoms with Gasteiger partial charge in [-0.15, -0.1) is 10.2 Å². The maximum Gasteiger partial charge on any atom is 0.416 e. The maximum atomic E-state index is 14.2. The van der Waals surface area contributed by atoms with Crippen LogP contribution in [0.2, 0.25) is 0 Å². The second-order valence-corrected chi connectivity index (χ2v) is 11.3. The molecule has 2 aromatic carbocycles. The highest BCUT2D eigenvalue weighted by Gasteiger charge is 2.41. The number of halogens is 3. The topological polar surface area (TPSA) is 72.3 Å². The fourth-order valence-corrected chi connectivity index (χ4v) is 6.14. The molecule has 0 spiro atoms. The van der Waals surface area contributed by atoms with Crippen molar-refractivity contribution in [3.63, 3.8) is 0 Å². The fraction of sp³-hybridized carbons (Fsp3) is 0.483. The van der Waals surface area contributed by atoms with Crippen molar-refractivity contribution in [2.45, 2.75) is 63.3 Å². The van der Waals surface area contributed by atoms with E-state index in [-0.39, 0.29) is 35.0 Å². The first-order valence-corrected chi connectivity index (χ1v) is 13.4. The molecule has 0 radical (unpaired) electrons. The molecule has 1 N–H and O–H groups in total. The Bertz CT molecular complexity index is 1390. The molecular weight excluding hydrogens is 507 g/mol. The summed E-state index contributed by atoms with van der Waals surface area (Å²) in [5, 5.41) is 11.8. The molecule has 2 atom stereocenters. The number of anilines is 1. The van der Waals surface area contributed by atoms with Gasteiger partial charge in [0.25, 0.3) is 5.91 Å². The van der Waals surface area contributed by atoms with Crippen molar-refractivity contribution in [2.24, 2.45) is 13.0 Å². The van der Waals surface area contributed by atoms with Crippen LogP contribution in [0.4, 0.5) is 18.9 Å². The fourth-order valence-electron chi connectivity index (χ4n) is 6.14. The monoisotopic (exact) mass is 539 g/mol. The Balaban J connectivity index is 1.33. The number of nitrogens with zero attached hydrogens (tertiary/aromatic N) is 4. The Morgan fingerprint density at radius 3 is 2.69 bits per heavy atom. The van der Waals surface area contributed by atoms with Crippen LogP contribution in [-0.2, 0) is 31.1 Å². The molecule has 39 heavy (non-hydrogen) atoms. The number of rotatable bonds is 7. The lowest BCUT2D eigenvalue weighted by Gasteiger charge is -2.39. The van der Waals surface area contributed by atoms with Gasteiger partial charge in [0.2, 0.25) is 0 Å². The zero-order chi connectivity index (χ0) is 27.4. The summed E-state index contributed by atoms with van der Waals surface area (Å²) in [6.45, 7) is 3.49. The second kappa shape index (κ2) is 9.75. The first-order chi connectivity index (χ1) is 18.6. The van der Waals surface area contributed by atoms with E-state index in [2.05, 4.69) is 22.4 Å². The van der Waals surface area contributed by atoms with Crippen LogP contribution in [0.15, 0.2) is 42.7 Å². The van der Waals surface area contributed by atoms with Gasteiger partial charge in [0.1, 0.15) is 12.2 Å². The number of nitrogens with one attached hydrogen (secondary N) is 1. The predicted molar refractivity (Wildman–Crippen MR) is 139 cm³/mol. The number of hydrogen-bond donors (Lipinski definition) is 1. The number of amides is 1. The lowest BCUT2D eigenvalue weighted by Crippen LogP contribution is -2.47. The molecule has 1 saturated carbocycles. The number of carbonyl (C=O) groups is 1. The van der Waals surface area contributed by atoms with E-state index in [9.17, 15) is 18.0 Å². The smallest absolute Gasteiger partial charge is 0.381 e. The van der Waals surface area contributed by atoms with Gasteiger partial charge in [-0.05, 0) is 79.5 Å². The van der Waals surface area contributed by atoms with Gasteiger partial charge in [-0.25, -0.2) is 0 Å². The quantitative estimate of drug-likeness (QED) is 0.447. The standard InChI is InChI=1S/C29H32F3N5O2/c1-28(8-4-9-28)33-14-18-11-22-23(24(12-18)29(30,31)32)15-37(27(22)38)21-6-3-5-19(13-21)25(20-7-10-39-16-20)26-35-34-17-36(26)2/h3,5-6,11-13,17,20,25,33H,4,7-10,14-16H2,1-2H3. The predicted octanol–water partition coefficient (Wildman–Crippen LogP) is 5.19. The number of aromatic nitrogens is 3. The third-order valence-electron chi connectivity index (χ3n) is 8.59. The maximum absolute atomic E-state index is 14.2. The normalized spacial score (nSPS) is 21.2. The minimum absolute atomic E-state index is 0.0329. The number of fused-ring (bicyclic) bond motifs is 1. The third-order valence-corrected chi connectivity index (χ3v) is 8.59. The lowest BCUT2D eigenvalue weighted by molar-refractivity contribution is -0.138. The van der Waals surface area contributed by atoms with Crippen LogP contribution in [0.3, 0.4) is 0 Å². The zero-order valence-electron chi connectivity index (χ0n) is 22.1. The van der Waals surface area contributed by atoms with E-state index in [0.29, 0.717) is 31.0 Å². The highest BCUT2D eigenvalue weighted by Crippen LogP contribution is 2.42. The van der Waals surface area contributed by atoms with Crippen molar-refractivity contribution in [3.8, 4) is 0 Å². The van der Waals surface area contributed by atoms with Crippen LogP contribution < -0.4 is 10.2 Å². The van der Waals surface area contributed by atoms with Crippen LogP contribution >= 0.6 is 0 Å². The summed E-state index contributed by atoms with van der Waals surface area (Å²) in [7, 11) is 1.89. The highest BCUT2D eigenvalue weighted by molar-refractivity contribution is 6.10. The largest absolute Gasteiger partial charge is 0.416 e. The van der Waals surface area contributed by atoms with Gasteiger partial charge in [-0.1, -0.05) is 12.1 Å². The number of aryl methyl sites for hydroxylation is 1. The van der Waals surface area contributed by atoms with Gasteiger partial charge in [-0.3, -0.25) is 4.79 Å². The van der Waals surface area contributed by atoms with Crippen molar-refractivity contribution >= 4 is 11.6 Å². The first-order valence-electron chi connectivity index (χ1n) is 13.4. The van der Waals surface area contributed by atoms with E-state index >= 15 is 0 Å². The molecule has 1 saturated heterocycles. The summed E-state index contributed by atoms with van der Waals surface area (Å²) in [5.74, 6) is 0.439. The molecule has 2 unspecified atom stereocenters. The SMILES string of the molecule is Cn1cnnc1C(c1cccc(N2Cc3c(cc(CNC4(C)CCC4)cc3C(F)(F)F)C2=O)c1)C1CCOC1. The molecule has 3 aromatic rings. The molecule has 10 heteroatoms. The van der Waals surface area contributed by atoms with E-state index < -0.39 is 17.6 Å². The van der Waals surface area contributed by atoms with E-state index in [1.165, 1.54) is 11.0 Å². The second-order valence-electron chi connectivity index (χ2n) is 11.3. The van der Waals surface area contributed by atoms with E-state index in [0.717, 1.165) is 37.1 Å². The molecule has 0 bridgehead atoms. The van der Waals surface area contributed by atoms with E-state index in [1.807, 2.05) is 29.8 Å². The molecule has 7 nitrogen and oxygen atoms in total. The van der Waals surface area contributed by atoms with Crippen molar-refractivity contribution in [2.75, 3.05) is 18.1 Å². The van der Waals surface area contributed by atoms with Crippen molar-refractivity contribution in [1.82, 2.24) is 20.1 Å². The van der Waals surface area contributed by atoms with Gasteiger partial charge in [0, 0.05) is 42.9 Å². The summed E-state index contributed by atoms with van der Waals surface area (Å²) in [4.78, 5) is 15.1. The van der Waals surface area contributed by atoms with Gasteiger partial charge in [-0.2, -0.15) is 13.2 Å². The molecule has 2 fully saturated rings. The van der Waals surface area contributed by atoms with Crippen LogP contribution in [0.25, 0.3) is 0 Å². The number of hydrogen-bond acceptors (Lipinski definition) is 5. The van der Waals surface area contributed by atoms with Crippen molar-refractivity contribution in [1.29, 1.82) is 0 Å². The number of ether oxygens (including phenoxy) is 1. The molecule has 6 rings (SSSR count). The Labute approximate surface area is 225 Å². The lowest BCUT2D eigenvalue weighted by atomic mass is 9.78. The summed E-state index contributed by atoms with van der Waals surface area (Å²) < 4.78 is 50.1. The Kier molecular flexibility index (Phi) is 6.50. The highest BCUT2D eigenvalue weighted by atomic mass is 19.4. The third kappa shape index (κ3) is 4.84. The summed E-state index contributed by atoms with van der Waals surface area (Å²) in [5.41, 5.74) is 1.33. The number of carbonyl (C=O) groups excluding carboxylic acids is 1. The minimum Gasteiger partial charge on any atom is -0.381 e. The average molecular weight is 540 g/mol. The van der Waals surface area contributed by atoms with Gasteiger partial charge in [0.05, 0.1) is 18.7 Å². The molecular formula is C29H32F3N5O2. The number of alkyl halides is 3. The first kappa shape index (κ1) is 26.0. The number of benzene rings is 2. The van der Waals surface area contributed by atoms with Crippen molar-refractivity contribution < 1.29 is 22.7 Å². The zero-order valence-corrected chi connectivity index (χ0v) is 22.1. The van der Waals surface area contributed by atoms with E-state index in [1.54, 1.807) is 18.5 Å². The van der Waals surface area contributed by atoms with Crippen LogP contribution in [0.5, 0.6) is 0 Å². The summed E-state index contributed by atoms with van der Waals surface area (Å²) in [6, 6.07) is 10.3. The molecule has 3 aliphatic rings. The molecule has 1 aliphatic carbocycles. The van der Waals surface area contributed by atoms with Gasteiger partial charge < -0.3 is 19.5 Å². The van der Waals surface area contributed by atoms with Gasteiger partial charge >= 0.3 is 6.18 Å². The molecule has 1 amide bonds. The molecule has 3 heterocycles. The Morgan fingerprint density at radius 1 is 1.23 bits per heavy atom. The minimum atomic E-state index is -4.56. The molecule has 2 aliphatic heterocycles. The summed E-state index contributed by atoms with van der Waals surface area (Å²) >= 11 is 0. The summed E-state index contributed by atoms with van der Waals surface area (Å²) in [6.07, 6.45) is 1.06. The Morgan fingerprint density at radius 2 is 2.05 bits per heavy atom. The van der Waals surface area contributed by atoms with Crippen LogP contribution in [0.1, 0.15) is 77.0 Å². The molecule has 1 aromatic heterocycles. The van der Waals surface area contributed by atoms with Crippen LogP contribution in [-0.4, -0.2) is 39.4 Å². The average Bonchev–Trinajstić information content (AvgIpc) is 3.63. The van der Waals surface area contributed by atoms with Crippen molar-refractivity contribution in [3.05, 3.63) is 76.4 Å². The van der Waals surface area contributed by atoms with E-state index in [4.69, 9.17) is 4.74 Å². The van der Waals surface area contributed by atoms with Crippen LogP contribution in [0, 0.1) is 5.92 Å².